The van der Waals surface area contributed by atoms with Crippen molar-refractivity contribution in [3.63, 3.8) is 0 Å². The number of esters is 1. The zero-order valence-corrected chi connectivity index (χ0v) is 9.92. The topological polar surface area (TPSA) is 26.3 Å². The number of carbonyl (C=O) groups excluding carboxylic acids is 1. The van der Waals surface area contributed by atoms with E-state index in [2.05, 4.69) is 6.92 Å². The number of methoxy groups -OCH3 is 1. The first-order valence-electron chi connectivity index (χ1n) is 6.27. The van der Waals surface area contributed by atoms with Crippen molar-refractivity contribution in [2.24, 2.45) is 17.3 Å². The van der Waals surface area contributed by atoms with Crippen LogP contribution >= 0.6 is 0 Å². The summed E-state index contributed by atoms with van der Waals surface area (Å²) in [5.41, 5.74) is 0.310. The van der Waals surface area contributed by atoms with Gasteiger partial charge in [-0.2, -0.15) is 0 Å². The van der Waals surface area contributed by atoms with Gasteiger partial charge in [0.25, 0.3) is 0 Å². The van der Waals surface area contributed by atoms with Gasteiger partial charge in [0, 0.05) is 0 Å². The monoisotopic (exact) mass is 210 g/mol. The quantitative estimate of drug-likeness (QED) is 0.621. The van der Waals surface area contributed by atoms with Crippen molar-refractivity contribution in [1.82, 2.24) is 0 Å². The van der Waals surface area contributed by atoms with Gasteiger partial charge >= 0.3 is 5.97 Å². The summed E-state index contributed by atoms with van der Waals surface area (Å²) in [7, 11) is 1.53. The molecule has 86 valence electrons. The first kappa shape index (κ1) is 11.0. The van der Waals surface area contributed by atoms with E-state index in [0.29, 0.717) is 11.3 Å². The first-order valence-corrected chi connectivity index (χ1v) is 6.27. The Bertz CT molecular complexity index is 241. The van der Waals surface area contributed by atoms with Crippen LogP contribution in [0.4, 0.5) is 0 Å². The van der Waals surface area contributed by atoms with Crippen LogP contribution in [-0.2, 0) is 9.53 Å². The van der Waals surface area contributed by atoms with E-state index in [-0.39, 0.29) is 11.9 Å². The average molecular weight is 210 g/mol. The molecule has 2 aliphatic rings. The molecule has 0 aromatic rings. The molecule has 0 N–H and O–H groups in total. The van der Waals surface area contributed by atoms with E-state index in [0.717, 1.165) is 0 Å². The maximum Gasteiger partial charge on any atom is 0.309 e. The summed E-state index contributed by atoms with van der Waals surface area (Å²) < 4.78 is 5.01. The van der Waals surface area contributed by atoms with Gasteiger partial charge in [-0.15, -0.1) is 0 Å². The van der Waals surface area contributed by atoms with Crippen molar-refractivity contribution < 1.29 is 9.53 Å². The summed E-state index contributed by atoms with van der Waals surface area (Å²) in [5.74, 6) is 0.743. The number of hydrogen-bond acceptors (Lipinski definition) is 2. The largest absolute Gasteiger partial charge is 0.469 e. The van der Waals surface area contributed by atoms with Crippen LogP contribution in [0.2, 0.25) is 0 Å². The maximum absolute atomic E-state index is 11.9. The maximum atomic E-state index is 11.9. The molecule has 0 aromatic heterocycles. The molecule has 2 atom stereocenters. The van der Waals surface area contributed by atoms with Gasteiger partial charge in [0.15, 0.2) is 0 Å². The predicted octanol–water partition coefficient (Wildman–Crippen LogP) is 3.16. The van der Waals surface area contributed by atoms with Gasteiger partial charge in [-0.1, -0.05) is 26.2 Å². The van der Waals surface area contributed by atoms with Gasteiger partial charge in [0.2, 0.25) is 0 Å². The van der Waals surface area contributed by atoms with Crippen molar-refractivity contribution >= 4 is 5.97 Å². The zero-order chi connectivity index (χ0) is 10.9. The summed E-state index contributed by atoms with van der Waals surface area (Å²) in [5, 5.41) is 0. The molecule has 2 nitrogen and oxygen atoms in total. The standard InChI is InChI=1S/C13H22O2/c1-10-6-5-9-13(7-3-4-8-13)11(10)12(14)15-2/h10-11H,3-9H2,1-2H3. The molecule has 15 heavy (non-hydrogen) atoms. The minimum atomic E-state index is 0.0455. The van der Waals surface area contributed by atoms with E-state index in [1.165, 1.54) is 52.1 Å². The number of rotatable bonds is 1. The van der Waals surface area contributed by atoms with Crippen molar-refractivity contribution in [3.05, 3.63) is 0 Å². The summed E-state index contributed by atoms with van der Waals surface area (Å²) in [6.07, 6.45) is 8.85. The van der Waals surface area contributed by atoms with Gasteiger partial charge in [0.05, 0.1) is 13.0 Å². The number of carbonyl (C=O) groups is 1. The van der Waals surface area contributed by atoms with Crippen molar-refractivity contribution in [2.45, 2.75) is 51.9 Å². The minimum absolute atomic E-state index is 0.0455. The molecule has 2 fully saturated rings. The molecule has 2 heteroatoms. The second kappa shape index (κ2) is 4.15. The molecule has 2 rings (SSSR count). The Morgan fingerprint density at radius 2 is 1.80 bits per heavy atom. The van der Waals surface area contributed by atoms with Crippen molar-refractivity contribution in [2.75, 3.05) is 7.11 Å². The lowest BCUT2D eigenvalue weighted by Gasteiger charge is -2.43. The Labute approximate surface area is 92.4 Å². The minimum Gasteiger partial charge on any atom is -0.469 e. The smallest absolute Gasteiger partial charge is 0.309 e. The SMILES string of the molecule is COC(=O)C1C(C)CCCC12CCCC2. The summed E-state index contributed by atoms with van der Waals surface area (Å²) >= 11 is 0. The van der Waals surface area contributed by atoms with Gasteiger partial charge < -0.3 is 4.74 Å². The highest BCUT2D eigenvalue weighted by Crippen LogP contribution is 2.54. The third-order valence-electron chi connectivity index (χ3n) is 4.62. The van der Waals surface area contributed by atoms with Gasteiger partial charge in [-0.3, -0.25) is 4.79 Å². The first-order chi connectivity index (χ1) is 7.19. The molecule has 0 aromatic carbocycles. The molecule has 0 bridgehead atoms. The van der Waals surface area contributed by atoms with Crippen LogP contribution in [0.1, 0.15) is 51.9 Å². The Morgan fingerprint density at radius 3 is 2.40 bits per heavy atom. The summed E-state index contributed by atoms with van der Waals surface area (Å²) in [4.78, 5) is 11.9. The molecule has 2 aliphatic carbocycles. The fourth-order valence-corrected chi connectivity index (χ4v) is 3.95. The van der Waals surface area contributed by atoms with Crippen molar-refractivity contribution in [1.29, 1.82) is 0 Å². The Kier molecular flexibility index (Phi) is 3.03. The van der Waals surface area contributed by atoms with E-state index >= 15 is 0 Å². The predicted molar refractivity (Wildman–Crippen MR) is 59.4 cm³/mol. The van der Waals surface area contributed by atoms with E-state index in [1.807, 2.05) is 0 Å². The molecule has 2 unspecified atom stereocenters. The van der Waals surface area contributed by atoms with Crippen LogP contribution in [0.25, 0.3) is 0 Å². The molecular formula is C13H22O2. The van der Waals surface area contributed by atoms with Crippen LogP contribution in [-0.4, -0.2) is 13.1 Å². The molecule has 0 radical (unpaired) electrons. The van der Waals surface area contributed by atoms with Gasteiger partial charge in [0.1, 0.15) is 0 Å². The lowest BCUT2D eigenvalue weighted by Crippen LogP contribution is -2.42. The Hall–Kier alpha value is -0.530. The third kappa shape index (κ3) is 1.79. The lowest BCUT2D eigenvalue weighted by atomic mass is 9.61. The van der Waals surface area contributed by atoms with E-state index in [1.54, 1.807) is 0 Å². The van der Waals surface area contributed by atoms with Crippen molar-refractivity contribution in [3.8, 4) is 0 Å². The Balaban J connectivity index is 2.22. The Morgan fingerprint density at radius 1 is 1.20 bits per heavy atom. The fraction of sp³-hybridized carbons (Fsp3) is 0.923. The highest BCUT2D eigenvalue weighted by atomic mass is 16.5. The van der Waals surface area contributed by atoms with Gasteiger partial charge in [-0.05, 0) is 37.0 Å². The normalized spacial score (nSPS) is 34.3. The highest BCUT2D eigenvalue weighted by Gasteiger charge is 2.49. The second-order valence-electron chi connectivity index (χ2n) is 5.44. The highest BCUT2D eigenvalue weighted by molar-refractivity contribution is 5.74. The molecule has 0 heterocycles. The summed E-state index contributed by atoms with van der Waals surface area (Å²) in [6.45, 7) is 2.22. The van der Waals surface area contributed by atoms with Crippen LogP contribution < -0.4 is 0 Å². The van der Waals surface area contributed by atoms with Crippen LogP contribution in [0.5, 0.6) is 0 Å². The van der Waals surface area contributed by atoms with Gasteiger partial charge in [-0.25, -0.2) is 0 Å². The van der Waals surface area contributed by atoms with Crippen LogP contribution in [0, 0.1) is 17.3 Å². The molecule has 0 aliphatic heterocycles. The zero-order valence-electron chi connectivity index (χ0n) is 9.92. The molecule has 1 spiro atoms. The number of hydrogen-bond donors (Lipinski definition) is 0. The number of ether oxygens (including phenoxy) is 1. The lowest BCUT2D eigenvalue weighted by molar-refractivity contribution is -0.155. The summed E-state index contributed by atoms with van der Waals surface area (Å²) in [6, 6.07) is 0. The van der Waals surface area contributed by atoms with Crippen LogP contribution in [0.15, 0.2) is 0 Å². The van der Waals surface area contributed by atoms with E-state index in [9.17, 15) is 4.79 Å². The second-order valence-corrected chi connectivity index (χ2v) is 5.44. The molecule has 0 amide bonds. The van der Waals surface area contributed by atoms with E-state index in [4.69, 9.17) is 4.74 Å². The molecular weight excluding hydrogens is 188 g/mol. The van der Waals surface area contributed by atoms with E-state index < -0.39 is 0 Å². The molecule has 2 saturated carbocycles. The van der Waals surface area contributed by atoms with Crippen LogP contribution in [0.3, 0.4) is 0 Å². The third-order valence-corrected chi connectivity index (χ3v) is 4.62. The molecule has 0 saturated heterocycles. The average Bonchev–Trinajstić information content (AvgIpc) is 2.66. The fourth-order valence-electron chi connectivity index (χ4n) is 3.95.